The van der Waals surface area contributed by atoms with Crippen LogP contribution in [-0.2, 0) is 16.4 Å². The molecule has 0 saturated heterocycles. The lowest BCUT2D eigenvalue weighted by Crippen LogP contribution is -2.39. The molecule has 0 saturated carbocycles. The number of guanidine groups is 1. The third-order valence-electron chi connectivity index (χ3n) is 3.48. The molecule has 0 aliphatic heterocycles. The van der Waals surface area contributed by atoms with Crippen molar-refractivity contribution in [3.8, 4) is 0 Å². The van der Waals surface area contributed by atoms with Gasteiger partial charge in [-0.2, -0.15) is 0 Å². The Hall–Kier alpha value is -2.05. The van der Waals surface area contributed by atoms with Gasteiger partial charge in [-0.3, -0.25) is 0 Å². The van der Waals surface area contributed by atoms with E-state index in [1.54, 1.807) is 30.3 Å². The van der Waals surface area contributed by atoms with E-state index in [0.717, 1.165) is 5.56 Å². The van der Waals surface area contributed by atoms with Gasteiger partial charge in [0.05, 0.1) is 17.2 Å². The van der Waals surface area contributed by atoms with E-state index in [0.29, 0.717) is 29.0 Å². The molecule has 25 heavy (non-hydrogen) atoms. The largest absolute Gasteiger partial charge is 0.357 e. The molecule has 0 aliphatic rings. The number of rotatable bonds is 7. The fourth-order valence-corrected chi connectivity index (χ4v) is 3.56. The topological polar surface area (TPSA) is 70.6 Å². The number of hydrogen-bond acceptors (Lipinski definition) is 3. The minimum absolute atomic E-state index is 0.00643. The summed E-state index contributed by atoms with van der Waals surface area (Å²) in [5, 5.41) is 6.81. The molecule has 0 aromatic heterocycles. The summed E-state index contributed by atoms with van der Waals surface area (Å²) in [7, 11) is -3.31. The molecule has 7 heteroatoms. The van der Waals surface area contributed by atoms with Crippen LogP contribution in [0.15, 0.2) is 64.5 Å². The Morgan fingerprint density at radius 1 is 1.04 bits per heavy atom. The molecule has 0 spiro atoms. The van der Waals surface area contributed by atoms with E-state index in [1.807, 2.05) is 31.2 Å². The maximum Gasteiger partial charge on any atom is 0.191 e. The van der Waals surface area contributed by atoms with E-state index in [4.69, 9.17) is 11.6 Å². The SMILES string of the molecule is CCNC(=NCc1ccccc1Cl)NCCS(=O)(=O)c1ccccc1. The fourth-order valence-electron chi connectivity index (χ4n) is 2.18. The van der Waals surface area contributed by atoms with Gasteiger partial charge >= 0.3 is 0 Å². The number of nitrogens with zero attached hydrogens (tertiary/aromatic N) is 1. The van der Waals surface area contributed by atoms with E-state index in [2.05, 4.69) is 15.6 Å². The van der Waals surface area contributed by atoms with E-state index >= 15 is 0 Å². The normalized spacial score (nSPS) is 12.0. The molecule has 2 N–H and O–H groups in total. The van der Waals surface area contributed by atoms with Crippen LogP contribution in [0.25, 0.3) is 0 Å². The number of benzene rings is 2. The number of hydrogen-bond donors (Lipinski definition) is 2. The van der Waals surface area contributed by atoms with E-state index in [9.17, 15) is 8.42 Å². The molecule has 5 nitrogen and oxygen atoms in total. The van der Waals surface area contributed by atoms with Gasteiger partial charge in [0.15, 0.2) is 15.8 Å². The molecule has 2 aromatic carbocycles. The lowest BCUT2D eigenvalue weighted by atomic mass is 10.2. The van der Waals surface area contributed by atoms with Crippen LogP contribution in [0.2, 0.25) is 5.02 Å². The zero-order valence-corrected chi connectivity index (χ0v) is 15.6. The summed E-state index contributed by atoms with van der Waals surface area (Å²) in [6.07, 6.45) is 0. The summed E-state index contributed by atoms with van der Waals surface area (Å²) in [6.45, 7) is 3.32. The van der Waals surface area contributed by atoms with E-state index in [1.165, 1.54) is 0 Å². The summed E-state index contributed by atoms with van der Waals surface area (Å²) in [5.41, 5.74) is 0.915. The molecular weight excluding hydrogens is 358 g/mol. The number of nitrogens with one attached hydrogen (secondary N) is 2. The van der Waals surface area contributed by atoms with Gasteiger partial charge in [-0.25, -0.2) is 13.4 Å². The Balaban J connectivity index is 1.95. The molecule has 2 rings (SSSR count). The standard InChI is InChI=1S/C18H22ClN3O2S/c1-2-20-18(22-14-15-8-6-7-11-17(15)19)21-12-13-25(23,24)16-9-4-3-5-10-16/h3-11H,2,12-14H2,1H3,(H2,20,21,22). The summed E-state index contributed by atoms with van der Waals surface area (Å²) >= 11 is 6.13. The van der Waals surface area contributed by atoms with Crippen LogP contribution in [0.3, 0.4) is 0 Å². The first-order valence-corrected chi connectivity index (χ1v) is 10.1. The zero-order valence-electron chi connectivity index (χ0n) is 14.1. The predicted octanol–water partition coefficient (Wildman–Crippen LogP) is 2.87. The molecule has 0 fully saturated rings. The third-order valence-corrected chi connectivity index (χ3v) is 5.58. The van der Waals surface area contributed by atoms with Gasteiger partial charge in [0.1, 0.15) is 0 Å². The molecule has 0 aliphatic carbocycles. The van der Waals surface area contributed by atoms with E-state index < -0.39 is 9.84 Å². The quantitative estimate of drug-likeness (QED) is 0.573. The van der Waals surface area contributed by atoms with Crippen LogP contribution in [0.4, 0.5) is 0 Å². The highest BCUT2D eigenvalue weighted by atomic mass is 35.5. The molecule has 0 amide bonds. The molecule has 0 heterocycles. The van der Waals surface area contributed by atoms with Gasteiger partial charge in [0, 0.05) is 18.1 Å². The van der Waals surface area contributed by atoms with Crippen molar-refractivity contribution in [1.82, 2.24) is 10.6 Å². The number of sulfone groups is 1. The maximum absolute atomic E-state index is 12.3. The van der Waals surface area contributed by atoms with Crippen LogP contribution in [0.5, 0.6) is 0 Å². The third kappa shape index (κ3) is 6.07. The minimum atomic E-state index is -3.31. The van der Waals surface area contributed by atoms with Gasteiger partial charge in [0.25, 0.3) is 0 Å². The lowest BCUT2D eigenvalue weighted by molar-refractivity contribution is 0.594. The summed E-state index contributed by atoms with van der Waals surface area (Å²) < 4.78 is 24.6. The van der Waals surface area contributed by atoms with Gasteiger partial charge in [-0.1, -0.05) is 48.0 Å². The Kier molecular flexibility index (Phi) is 7.28. The Labute approximate surface area is 154 Å². The van der Waals surface area contributed by atoms with Gasteiger partial charge in [0.2, 0.25) is 0 Å². The van der Waals surface area contributed by atoms with Gasteiger partial charge in [-0.05, 0) is 30.7 Å². The summed E-state index contributed by atoms with van der Waals surface area (Å²) in [5.74, 6) is 0.554. The second-order valence-electron chi connectivity index (χ2n) is 5.35. The first kappa shape index (κ1) is 19.3. The predicted molar refractivity (Wildman–Crippen MR) is 103 cm³/mol. The van der Waals surface area contributed by atoms with Crippen molar-refractivity contribution in [1.29, 1.82) is 0 Å². The van der Waals surface area contributed by atoms with Crippen LogP contribution >= 0.6 is 11.6 Å². The highest BCUT2D eigenvalue weighted by molar-refractivity contribution is 7.91. The molecule has 2 aromatic rings. The lowest BCUT2D eigenvalue weighted by Gasteiger charge is -2.12. The molecule has 0 radical (unpaired) electrons. The number of aliphatic imine (C=N–C) groups is 1. The van der Waals surface area contributed by atoms with Crippen LogP contribution in [-0.4, -0.2) is 33.2 Å². The van der Waals surface area contributed by atoms with Crippen molar-refractivity contribution in [2.75, 3.05) is 18.8 Å². The summed E-state index contributed by atoms with van der Waals surface area (Å²) in [6, 6.07) is 15.9. The average molecular weight is 380 g/mol. The van der Waals surface area contributed by atoms with Crippen molar-refractivity contribution in [2.45, 2.75) is 18.4 Å². The summed E-state index contributed by atoms with van der Waals surface area (Å²) in [4.78, 5) is 4.78. The van der Waals surface area contributed by atoms with Crippen molar-refractivity contribution >= 4 is 27.4 Å². The first-order valence-electron chi connectivity index (χ1n) is 8.06. The second kappa shape index (κ2) is 9.44. The molecule has 134 valence electrons. The molecule has 0 atom stereocenters. The Morgan fingerprint density at radius 3 is 2.40 bits per heavy atom. The fraction of sp³-hybridized carbons (Fsp3) is 0.278. The Morgan fingerprint density at radius 2 is 1.72 bits per heavy atom. The highest BCUT2D eigenvalue weighted by Gasteiger charge is 2.13. The van der Waals surface area contributed by atoms with Gasteiger partial charge < -0.3 is 10.6 Å². The van der Waals surface area contributed by atoms with Gasteiger partial charge in [-0.15, -0.1) is 0 Å². The zero-order chi connectivity index (χ0) is 18.1. The molecular formula is C18H22ClN3O2S. The molecule has 0 unspecified atom stereocenters. The average Bonchev–Trinajstić information content (AvgIpc) is 2.61. The monoisotopic (exact) mass is 379 g/mol. The van der Waals surface area contributed by atoms with Crippen LogP contribution in [0.1, 0.15) is 12.5 Å². The van der Waals surface area contributed by atoms with Crippen LogP contribution < -0.4 is 10.6 Å². The van der Waals surface area contributed by atoms with Crippen molar-refractivity contribution in [2.24, 2.45) is 4.99 Å². The van der Waals surface area contributed by atoms with Crippen molar-refractivity contribution in [3.63, 3.8) is 0 Å². The smallest absolute Gasteiger partial charge is 0.191 e. The number of halogens is 1. The minimum Gasteiger partial charge on any atom is -0.357 e. The molecule has 0 bridgehead atoms. The van der Waals surface area contributed by atoms with Crippen LogP contribution in [0, 0.1) is 0 Å². The Bertz CT molecular complexity index is 808. The maximum atomic E-state index is 12.3. The van der Waals surface area contributed by atoms with Crippen molar-refractivity contribution in [3.05, 3.63) is 65.2 Å². The highest BCUT2D eigenvalue weighted by Crippen LogP contribution is 2.15. The first-order chi connectivity index (χ1) is 12.0. The van der Waals surface area contributed by atoms with E-state index in [-0.39, 0.29) is 12.3 Å². The van der Waals surface area contributed by atoms with Crippen molar-refractivity contribution < 1.29 is 8.42 Å². The second-order valence-corrected chi connectivity index (χ2v) is 7.86.